The van der Waals surface area contributed by atoms with Gasteiger partial charge in [-0.2, -0.15) is 0 Å². The smallest absolute Gasteiger partial charge is 0.195 e. The zero-order chi connectivity index (χ0) is 11.5. The molecule has 0 bridgehead atoms. The van der Waals surface area contributed by atoms with E-state index >= 15 is 0 Å². The van der Waals surface area contributed by atoms with Gasteiger partial charge in [0.1, 0.15) is 12.2 Å². The Bertz CT molecular complexity index is 221. The molecule has 0 aromatic heterocycles. The van der Waals surface area contributed by atoms with Gasteiger partial charge >= 0.3 is 0 Å². The number of hydrogen-bond acceptors (Lipinski definition) is 5. The minimum atomic E-state index is -1.64. The van der Waals surface area contributed by atoms with E-state index in [1.165, 1.54) is 0 Å². The van der Waals surface area contributed by atoms with E-state index in [4.69, 9.17) is 19.3 Å². The molecule has 6 heteroatoms. The summed E-state index contributed by atoms with van der Waals surface area (Å²) in [4.78, 5) is 0. The van der Waals surface area contributed by atoms with Crippen molar-refractivity contribution in [2.45, 2.75) is 50.2 Å². The Morgan fingerprint density at radius 3 is 2.75 bits per heavy atom. The summed E-state index contributed by atoms with van der Waals surface area (Å²) in [7, 11) is 0. The van der Waals surface area contributed by atoms with Crippen molar-refractivity contribution in [3.05, 3.63) is 0 Å². The fraction of sp³-hybridized carbons (Fsp3) is 1.00. The molecular weight excluding hydrogens is 219 g/mol. The molecule has 2 aliphatic rings. The minimum absolute atomic E-state index is 0.424. The molecule has 0 aromatic rings. The maximum absolute atomic E-state index is 13.5. The lowest BCUT2D eigenvalue weighted by Crippen LogP contribution is -2.34. The first-order chi connectivity index (χ1) is 7.72. The van der Waals surface area contributed by atoms with Gasteiger partial charge in [0.15, 0.2) is 18.8 Å². The lowest BCUT2D eigenvalue weighted by Gasteiger charge is -2.26. The van der Waals surface area contributed by atoms with Crippen molar-refractivity contribution in [3.8, 4) is 0 Å². The summed E-state index contributed by atoms with van der Waals surface area (Å²) in [6.07, 6.45) is -2.85. The molecule has 5 nitrogen and oxygen atoms in total. The van der Waals surface area contributed by atoms with Crippen LogP contribution in [0.2, 0.25) is 0 Å². The molecule has 2 rings (SSSR count). The zero-order valence-corrected chi connectivity index (χ0v) is 8.92. The number of rotatable bonds is 3. The van der Waals surface area contributed by atoms with Crippen molar-refractivity contribution in [1.82, 2.24) is 0 Å². The second kappa shape index (κ2) is 5.37. The average Bonchev–Trinajstić information content (AvgIpc) is 2.58. The van der Waals surface area contributed by atoms with Gasteiger partial charge < -0.3 is 24.4 Å². The topological polar surface area (TPSA) is 68.2 Å². The van der Waals surface area contributed by atoms with Gasteiger partial charge in [-0.1, -0.05) is 0 Å². The Kier molecular flexibility index (Phi) is 4.10. The summed E-state index contributed by atoms with van der Waals surface area (Å²) in [6.45, 7) is 0.174. The van der Waals surface area contributed by atoms with Crippen LogP contribution in [0.15, 0.2) is 0 Å². The van der Waals surface area contributed by atoms with Crippen molar-refractivity contribution in [2.75, 3.05) is 13.2 Å². The molecule has 0 spiro atoms. The normalized spacial score (nSPS) is 44.8. The maximum atomic E-state index is 13.5. The van der Waals surface area contributed by atoms with E-state index in [0.717, 1.165) is 12.8 Å². The molecule has 0 saturated carbocycles. The average molecular weight is 236 g/mol. The predicted octanol–water partition coefficient (Wildman–Crippen LogP) is -0.0542. The maximum Gasteiger partial charge on any atom is 0.195 e. The summed E-state index contributed by atoms with van der Waals surface area (Å²) in [5.41, 5.74) is 0. The Hall–Kier alpha value is -0.270. The number of aliphatic hydroxyl groups excluding tert-OH is 2. The molecule has 1 unspecified atom stereocenters. The van der Waals surface area contributed by atoms with Crippen molar-refractivity contribution >= 4 is 0 Å². The number of alkyl halides is 1. The van der Waals surface area contributed by atoms with Crippen LogP contribution in [0.4, 0.5) is 4.39 Å². The molecule has 0 aliphatic carbocycles. The lowest BCUT2D eigenvalue weighted by molar-refractivity contribution is -0.261. The third-order valence-electron chi connectivity index (χ3n) is 2.88. The van der Waals surface area contributed by atoms with Crippen LogP contribution in [-0.4, -0.2) is 54.4 Å². The Morgan fingerprint density at radius 1 is 1.38 bits per heavy atom. The van der Waals surface area contributed by atoms with Gasteiger partial charge in [-0.3, -0.25) is 0 Å². The molecule has 5 atom stereocenters. The molecule has 16 heavy (non-hydrogen) atoms. The predicted molar refractivity (Wildman–Crippen MR) is 51.3 cm³/mol. The second-order valence-corrected chi connectivity index (χ2v) is 4.09. The third kappa shape index (κ3) is 2.52. The monoisotopic (exact) mass is 236 g/mol. The SMILES string of the molecule is OC[C@H]1O[C@H](OC2CCCCO2)[C@H](F)[C@@H]1O. The van der Waals surface area contributed by atoms with Gasteiger partial charge in [0, 0.05) is 6.61 Å². The molecule has 0 radical (unpaired) electrons. The van der Waals surface area contributed by atoms with Crippen molar-refractivity contribution in [2.24, 2.45) is 0 Å². The van der Waals surface area contributed by atoms with Crippen LogP contribution in [0.5, 0.6) is 0 Å². The molecule has 2 N–H and O–H groups in total. The highest BCUT2D eigenvalue weighted by Gasteiger charge is 2.45. The summed E-state index contributed by atoms with van der Waals surface area (Å²) in [6, 6.07) is 0. The standard InChI is InChI=1S/C10H17FO5/c11-8-9(13)6(5-12)15-10(8)16-7-3-1-2-4-14-7/h6-10,12-13H,1-5H2/t6-,7?,8-,9-,10-/m1/s1. The first kappa shape index (κ1) is 12.2. The van der Waals surface area contributed by atoms with E-state index in [0.29, 0.717) is 13.0 Å². The van der Waals surface area contributed by atoms with E-state index in [1.807, 2.05) is 0 Å². The fourth-order valence-corrected chi connectivity index (χ4v) is 1.92. The molecule has 2 heterocycles. The third-order valence-corrected chi connectivity index (χ3v) is 2.88. The summed E-state index contributed by atoms with van der Waals surface area (Å²) < 4.78 is 29.1. The summed E-state index contributed by atoms with van der Waals surface area (Å²) >= 11 is 0. The van der Waals surface area contributed by atoms with E-state index < -0.39 is 37.6 Å². The highest BCUT2D eigenvalue weighted by molar-refractivity contribution is 4.86. The molecule has 0 aromatic carbocycles. The molecule has 0 amide bonds. The molecule has 94 valence electrons. The number of ether oxygens (including phenoxy) is 3. The van der Waals surface area contributed by atoms with E-state index in [1.54, 1.807) is 0 Å². The van der Waals surface area contributed by atoms with Crippen LogP contribution in [-0.2, 0) is 14.2 Å². The summed E-state index contributed by atoms with van der Waals surface area (Å²) in [5.74, 6) is 0. The van der Waals surface area contributed by atoms with Crippen molar-refractivity contribution in [3.63, 3.8) is 0 Å². The molecule has 2 fully saturated rings. The minimum Gasteiger partial charge on any atom is -0.394 e. The van der Waals surface area contributed by atoms with E-state index in [2.05, 4.69) is 0 Å². The van der Waals surface area contributed by atoms with Gasteiger partial charge in [-0.15, -0.1) is 0 Å². The molecular formula is C10H17FO5. The quantitative estimate of drug-likeness (QED) is 0.719. The first-order valence-corrected chi connectivity index (χ1v) is 5.58. The van der Waals surface area contributed by atoms with Crippen molar-refractivity contribution in [1.29, 1.82) is 0 Å². The Labute approximate surface area is 93.1 Å². The van der Waals surface area contributed by atoms with Gasteiger partial charge in [0.05, 0.1) is 6.61 Å². The number of aliphatic hydroxyl groups is 2. The Balaban J connectivity index is 1.85. The van der Waals surface area contributed by atoms with Crippen LogP contribution in [0.1, 0.15) is 19.3 Å². The first-order valence-electron chi connectivity index (χ1n) is 5.58. The number of halogens is 1. The highest BCUT2D eigenvalue weighted by Crippen LogP contribution is 2.27. The van der Waals surface area contributed by atoms with Crippen LogP contribution in [0, 0.1) is 0 Å². The van der Waals surface area contributed by atoms with Gasteiger partial charge in [0.2, 0.25) is 0 Å². The van der Waals surface area contributed by atoms with E-state index in [9.17, 15) is 9.50 Å². The van der Waals surface area contributed by atoms with Gasteiger partial charge in [0.25, 0.3) is 0 Å². The highest BCUT2D eigenvalue weighted by atomic mass is 19.1. The Morgan fingerprint density at radius 2 is 2.19 bits per heavy atom. The number of hydrogen-bond donors (Lipinski definition) is 2. The van der Waals surface area contributed by atoms with Crippen LogP contribution in [0.3, 0.4) is 0 Å². The fourth-order valence-electron chi connectivity index (χ4n) is 1.92. The van der Waals surface area contributed by atoms with Crippen LogP contribution in [0.25, 0.3) is 0 Å². The van der Waals surface area contributed by atoms with Crippen LogP contribution < -0.4 is 0 Å². The van der Waals surface area contributed by atoms with Gasteiger partial charge in [-0.05, 0) is 19.3 Å². The molecule has 2 aliphatic heterocycles. The van der Waals surface area contributed by atoms with Crippen LogP contribution >= 0.6 is 0 Å². The van der Waals surface area contributed by atoms with Crippen molar-refractivity contribution < 1.29 is 28.8 Å². The summed E-state index contributed by atoms with van der Waals surface area (Å²) in [5, 5.41) is 18.2. The zero-order valence-electron chi connectivity index (χ0n) is 8.92. The largest absolute Gasteiger partial charge is 0.394 e. The lowest BCUT2D eigenvalue weighted by atomic mass is 10.1. The van der Waals surface area contributed by atoms with E-state index in [-0.39, 0.29) is 0 Å². The second-order valence-electron chi connectivity index (χ2n) is 4.09. The van der Waals surface area contributed by atoms with Gasteiger partial charge in [-0.25, -0.2) is 4.39 Å². The molecule has 2 saturated heterocycles.